The Balaban J connectivity index is 0.000000234. The van der Waals surface area contributed by atoms with Crippen molar-refractivity contribution in [1.82, 2.24) is 15.1 Å². The molecule has 0 unspecified atom stereocenters. The highest BCUT2D eigenvalue weighted by atomic mass is 16.6. The van der Waals surface area contributed by atoms with E-state index < -0.39 is 11.4 Å². The molecular formula is C25H41N3O5. The first-order valence-corrected chi connectivity index (χ1v) is 11.8. The molecule has 0 saturated carbocycles. The zero-order valence-corrected chi connectivity index (χ0v) is 20.9. The Hall–Kier alpha value is -2.16. The number of ether oxygens (including phenoxy) is 1. The number of nitrogens with zero attached hydrogens (tertiary/aromatic N) is 2. The summed E-state index contributed by atoms with van der Waals surface area (Å²) in [6, 6.07) is 8.01. The van der Waals surface area contributed by atoms with Gasteiger partial charge in [-0.05, 0) is 53.2 Å². The number of aryl methyl sites for hydroxylation is 1. The Labute approximate surface area is 197 Å². The van der Waals surface area contributed by atoms with Crippen LogP contribution in [-0.2, 0) is 4.74 Å². The Morgan fingerprint density at radius 2 is 1.73 bits per heavy atom. The molecule has 0 aromatic heterocycles. The lowest BCUT2D eigenvalue weighted by Gasteiger charge is -2.39. The van der Waals surface area contributed by atoms with Crippen molar-refractivity contribution in [3.05, 3.63) is 35.4 Å². The Bertz CT molecular complexity index is 778. The number of carbonyl (C=O) groups is 2. The van der Waals surface area contributed by atoms with Gasteiger partial charge in [0.1, 0.15) is 5.60 Å². The van der Waals surface area contributed by atoms with Crippen LogP contribution < -0.4 is 5.32 Å². The van der Waals surface area contributed by atoms with Crippen LogP contribution in [0, 0.1) is 6.92 Å². The third-order valence-electron chi connectivity index (χ3n) is 5.86. The van der Waals surface area contributed by atoms with E-state index in [0.717, 1.165) is 25.1 Å². The fourth-order valence-corrected chi connectivity index (χ4v) is 3.81. The van der Waals surface area contributed by atoms with Crippen LogP contribution in [-0.4, -0.2) is 81.7 Å². The van der Waals surface area contributed by atoms with Gasteiger partial charge in [0.2, 0.25) is 0 Å². The standard InChI is InChI=1S/C13H17NO3.C12H24N2O2/c1-10-2-4-11(5-3-10)12(15)14-8-6-13(16,17)7-9-14;1-6-10-7-13-9(2)8-14(10)11(15)16-12(3,4)5/h2-5,16-17H,6-9H2,1H3;9-10,13H,6-8H2,1-5H3/t;9-,10+/m.1/s1. The summed E-state index contributed by atoms with van der Waals surface area (Å²) in [5, 5.41) is 22.2. The van der Waals surface area contributed by atoms with Crippen molar-refractivity contribution in [2.45, 2.75) is 84.3 Å². The number of carbonyl (C=O) groups excluding carboxylic acids is 2. The number of piperazine rings is 1. The van der Waals surface area contributed by atoms with Crippen LogP contribution in [0.2, 0.25) is 0 Å². The summed E-state index contributed by atoms with van der Waals surface area (Å²) in [4.78, 5) is 27.6. The maximum absolute atomic E-state index is 12.1. The van der Waals surface area contributed by atoms with E-state index in [2.05, 4.69) is 19.2 Å². The molecule has 0 radical (unpaired) electrons. The summed E-state index contributed by atoms with van der Waals surface area (Å²) in [5.74, 6) is -1.65. The molecule has 2 atom stereocenters. The number of rotatable bonds is 2. The largest absolute Gasteiger partial charge is 0.444 e. The second-order valence-corrected chi connectivity index (χ2v) is 10.1. The number of hydrogen-bond donors (Lipinski definition) is 3. The molecule has 8 heteroatoms. The molecule has 186 valence electrons. The molecular weight excluding hydrogens is 422 g/mol. The number of piperidine rings is 1. The molecule has 2 amide bonds. The molecule has 0 spiro atoms. The van der Waals surface area contributed by atoms with Crippen LogP contribution in [0.1, 0.15) is 69.8 Å². The van der Waals surface area contributed by atoms with Gasteiger partial charge in [-0.25, -0.2) is 4.79 Å². The predicted octanol–water partition coefficient (Wildman–Crippen LogP) is 2.91. The average molecular weight is 464 g/mol. The van der Waals surface area contributed by atoms with Crippen molar-refractivity contribution >= 4 is 12.0 Å². The molecule has 2 aliphatic rings. The molecule has 0 bridgehead atoms. The molecule has 2 saturated heterocycles. The van der Waals surface area contributed by atoms with Gasteiger partial charge in [0.25, 0.3) is 5.91 Å². The average Bonchev–Trinajstić information content (AvgIpc) is 2.73. The number of likely N-dealkylation sites (tertiary alicyclic amines) is 1. The lowest BCUT2D eigenvalue weighted by molar-refractivity contribution is -0.185. The highest BCUT2D eigenvalue weighted by molar-refractivity contribution is 5.94. The summed E-state index contributed by atoms with van der Waals surface area (Å²) in [6.07, 6.45) is 1.20. The molecule has 2 heterocycles. The van der Waals surface area contributed by atoms with Crippen molar-refractivity contribution in [3.8, 4) is 0 Å². The SMILES string of the molecule is CC[C@H]1CN[C@H](C)CN1C(=O)OC(C)(C)C.Cc1ccc(C(=O)N2CCC(O)(O)CC2)cc1. The third-order valence-corrected chi connectivity index (χ3v) is 5.86. The van der Waals surface area contributed by atoms with Crippen molar-refractivity contribution in [3.63, 3.8) is 0 Å². The van der Waals surface area contributed by atoms with Crippen molar-refractivity contribution < 1.29 is 24.5 Å². The summed E-state index contributed by atoms with van der Waals surface area (Å²) in [5.41, 5.74) is 1.35. The third kappa shape index (κ3) is 8.61. The Morgan fingerprint density at radius 3 is 2.24 bits per heavy atom. The minimum absolute atomic E-state index is 0.0412. The minimum Gasteiger partial charge on any atom is -0.444 e. The first kappa shape index (κ1) is 27.1. The molecule has 33 heavy (non-hydrogen) atoms. The maximum atomic E-state index is 12.1. The quantitative estimate of drug-likeness (QED) is 0.583. The van der Waals surface area contributed by atoms with Crippen molar-refractivity contribution in [2.75, 3.05) is 26.2 Å². The second kappa shape index (κ2) is 11.3. The molecule has 3 rings (SSSR count). The highest BCUT2D eigenvalue weighted by Gasteiger charge is 2.32. The topological polar surface area (TPSA) is 102 Å². The molecule has 1 aromatic rings. The van der Waals surface area contributed by atoms with Gasteiger partial charge in [0, 0.05) is 56.7 Å². The fourth-order valence-electron chi connectivity index (χ4n) is 3.81. The normalized spacial score (nSPS) is 22.8. The highest BCUT2D eigenvalue weighted by Crippen LogP contribution is 2.20. The van der Waals surface area contributed by atoms with E-state index in [1.54, 1.807) is 17.0 Å². The summed E-state index contributed by atoms with van der Waals surface area (Å²) in [7, 11) is 0. The molecule has 2 fully saturated rings. The van der Waals surface area contributed by atoms with Gasteiger partial charge in [-0.3, -0.25) is 4.79 Å². The van der Waals surface area contributed by atoms with Crippen LogP contribution in [0.15, 0.2) is 24.3 Å². The molecule has 2 aliphatic heterocycles. The van der Waals surface area contributed by atoms with Gasteiger partial charge >= 0.3 is 6.09 Å². The number of aliphatic hydroxyl groups is 2. The van der Waals surface area contributed by atoms with Crippen LogP contribution in [0.4, 0.5) is 4.79 Å². The predicted molar refractivity (Wildman–Crippen MR) is 128 cm³/mol. The van der Waals surface area contributed by atoms with Gasteiger partial charge in [-0.1, -0.05) is 24.6 Å². The summed E-state index contributed by atoms with van der Waals surface area (Å²) >= 11 is 0. The lowest BCUT2D eigenvalue weighted by Crippen LogP contribution is -2.57. The summed E-state index contributed by atoms with van der Waals surface area (Å²) in [6.45, 7) is 14.2. The van der Waals surface area contributed by atoms with Gasteiger partial charge in [0.05, 0.1) is 0 Å². The lowest BCUT2D eigenvalue weighted by atomic mass is 10.0. The first-order chi connectivity index (χ1) is 15.3. The van der Waals surface area contributed by atoms with E-state index in [1.807, 2.05) is 44.7 Å². The van der Waals surface area contributed by atoms with Crippen LogP contribution in [0.25, 0.3) is 0 Å². The fraction of sp³-hybridized carbons (Fsp3) is 0.680. The van der Waals surface area contributed by atoms with E-state index in [4.69, 9.17) is 4.74 Å². The van der Waals surface area contributed by atoms with Gasteiger partial charge in [-0.2, -0.15) is 0 Å². The van der Waals surface area contributed by atoms with E-state index in [9.17, 15) is 19.8 Å². The van der Waals surface area contributed by atoms with Gasteiger partial charge in [-0.15, -0.1) is 0 Å². The van der Waals surface area contributed by atoms with Gasteiger partial charge < -0.3 is 30.1 Å². The molecule has 1 aromatic carbocycles. The van der Waals surface area contributed by atoms with Crippen LogP contribution in [0.3, 0.4) is 0 Å². The van der Waals surface area contributed by atoms with Crippen molar-refractivity contribution in [2.24, 2.45) is 0 Å². The van der Waals surface area contributed by atoms with E-state index in [-0.39, 0.29) is 30.9 Å². The molecule has 8 nitrogen and oxygen atoms in total. The molecule has 0 aliphatic carbocycles. The Kier molecular flexibility index (Phi) is 9.29. The molecule has 3 N–H and O–H groups in total. The number of hydrogen-bond acceptors (Lipinski definition) is 6. The van der Waals surface area contributed by atoms with E-state index in [1.165, 1.54) is 0 Å². The summed E-state index contributed by atoms with van der Waals surface area (Å²) < 4.78 is 5.42. The zero-order chi connectivity index (χ0) is 24.8. The second-order valence-electron chi connectivity index (χ2n) is 10.1. The number of nitrogens with one attached hydrogen (secondary N) is 1. The number of amides is 2. The Morgan fingerprint density at radius 1 is 1.15 bits per heavy atom. The first-order valence-electron chi connectivity index (χ1n) is 11.8. The monoisotopic (exact) mass is 463 g/mol. The van der Waals surface area contributed by atoms with E-state index >= 15 is 0 Å². The maximum Gasteiger partial charge on any atom is 0.410 e. The van der Waals surface area contributed by atoms with Crippen LogP contribution in [0.5, 0.6) is 0 Å². The van der Waals surface area contributed by atoms with Crippen LogP contribution >= 0.6 is 0 Å². The smallest absolute Gasteiger partial charge is 0.410 e. The minimum atomic E-state index is -1.61. The van der Waals surface area contributed by atoms with E-state index in [0.29, 0.717) is 24.7 Å². The number of benzene rings is 1. The zero-order valence-electron chi connectivity index (χ0n) is 20.9. The van der Waals surface area contributed by atoms with Crippen molar-refractivity contribution in [1.29, 1.82) is 0 Å². The van der Waals surface area contributed by atoms with Gasteiger partial charge in [0.15, 0.2) is 5.79 Å².